The van der Waals surface area contributed by atoms with Crippen LogP contribution < -0.4 is 0 Å². The summed E-state index contributed by atoms with van der Waals surface area (Å²) in [6.07, 6.45) is 3.85. The minimum absolute atomic E-state index is 0.570. The Morgan fingerprint density at radius 1 is 1.78 bits per heavy atom. The Labute approximate surface area is 64.4 Å². The molecule has 54 valence electrons. The van der Waals surface area contributed by atoms with Gasteiger partial charge in [-0.3, -0.25) is 0 Å². The van der Waals surface area contributed by atoms with Crippen LogP contribution >= 0.6 is 15.9 Å². The summed E-state index contributed by atoms with van der Waals surface area (Å²) in [5, 5.41) is 3.60. The first-order valence-electron chi connectivity index (χ1n) is 2.96. The van der Waals surface area contributed by atoms with Gasteiger partial charge < -0.3 is 4.84 Å². The number of nitrogens with zero attached hydrogens (tertiary/aromatic N) is 1. The topological polar surface area (TPSA) is 21.6 Å². The van der Waals surface area contributed by atoms with Gasteiger partial charge in [-0.1, -0.05) is 28.0 Å². The number of halogens is 1. The average Bonchev–Trinajstić information content (AvgIpc) is 1.80. The third kappa shape index (κ3) is 7.95. The number of rotatable bonds is 4. The zero-order chi connectivity index (χ0) is 7.11. The van der Waals surface area contributed by atoms with E-state index in [0.29, 0.717) is 4.83 Å². The van der Waals surface area contributed by atoms with Gasteiger partial charge in [-0.05, 0) is 12.8 Å². The molecule has 0 radical (unpaired) electrons. The second-order valence-electron chi connectivity index (χ2n) is 1.83. The fourth-order valence-electron chi connectivity index (χ4n) is 0.431. The van der Waals surface area contributed by atoms with Crippen molar-refractivity contribution < 1.29 is 4.84 Å². The third-order valence-corrected chi connectivity index (χ3v) is 1.33. The minimum Gasteiger partial charge on any atom is -0.399 e. The fourth-order valence-corrected chi connectivity index (χ4v) is 0.696. The Morgan fingerprint density at radius 2 is 2.44 bits per heavy atom. The van der Waals surface area contributed by atoms with Gasteiger partial charge in [0.2, 0.25) is 0 Å². The van der Waals surface area contributed by atoms with Crippen molar-refractivity contribution in [2.24, 2.45) is 5.16 Å². The highest BCUT2D eigenvalue weighted by Gasteiger charge is 1.91. The lowest BCUT2D eigenvalue weighted by Gasteiger charge is -1.95. The van der Waals surface area contributed by atoms with Crippen LogP contribution in [0.2, 0.25) is 0 Å². The Balaban J connectivity index is 2.99. The van der Waals surface area contributed by atoms with Crippen LogP contribution in [0.4, 0.5) is 0 Å². The molecule has 2 nitrogen and oxygen atoms in total. The van der Waals surface area contributed by atoms with E-state index in [2.05, 4.69) is 32.8 Å². The lowest BCUT2D eigenvalue weighted by molar-refractivity contribution is 0.214. The third-order valence-electron chi connectivity index (χ3n) is 0.873. The van der Waals surface area contributed by atoms with Crippen molar-refractivity contribution in [3.63, 3.8) is 0 Å². The Morgan fingerprint density at radius 3 is 2.89 bits per heavy atom. The van der Waals surface area contributed by atoms with E-state index < -0.39 is 0 Å². The first kappa shape index (κ1) is 8.95. The standard InChI is InChI=1S/C6H12BrNO/c1-6(7)4-3-5-8-9-2/h5-6H,3-4H2,1-2H3/t6-/m1/s1. The van der Waals surface area contributed by atoms with Gasteiger partial charge in [0.15, 0.2) is 0 Å². The molecule has 0 saturated heterocycles. The van der Waals surface area contributed by atoms with Crippen LogP contribution in [0, 0.1) is 0 Å². The molecule has 9 heavy (non-hydrogen) atoms. The summed E-state index contributed by atoms with van der Waals surface area (Å²) in [5.41, 5.74) is 0. The normalized spacial score (nSPS) is 14.1. The van der Waals surface area contributed by atoms with Crippen molar-refractivity contribution in [1.82, 2.24) is 0 Å². The van der Waals surface area contributed by atoms with Gasteiger partial charge in [0, 0.05) is 11.0 Å². The SMILES string of the molecule is CON=CCC[C@@H](C)Br. The van der Waals surface area contributed by atoms with E-state index in [0.717, 1.165) is 12.8 Å². The highest BCUT2D eigenvalue weighted by atomic mass is 79.9. The molecule has 0 aliphatic rings. The number of alkyl halides is 1. The van der Waals surface area contributed by atoms with Gasteiger partial charge in [-0.15, -0.1) is 0 Å². The minimum atomic E-state index is 0.570. The molecule has 0 aliphatic carbocycles. The number of hydrogen-bond acceptors (Lipinski definition) is 2. The molecule has 0 amide bonds. The molecule has 3 heteroatoms. The molecule has 0 heterocycles. The largest absolute Gasteiger partial charge is 0.399 e. The van der Waals surface area contributed by atoms with Crippen LogP contribution in [0.5, 0.6) is 0 Å². The van der Waals surface area contributed by atoms with Gasteiger partial charge in [0.05, 0.1) is 0 Å². The van der Waals surface area contributed by atoms with E-state index >= 15 is 0 Å². The summed E-state index contributed by atoms with van der Waals surface area (Å²) in [4.78, 5) is 5.05. The molecule has 0 saturated carbocycles. The van der Waals surface area contributed by atoms with Gasteiger partial charge >= 0.3 is 0 Å². The molecule has 0 aromatic rings. The predicted molar refractivity (Wildman–Crippen MR) is 43.1 cm³/mol. The maximum atomic E-state index is 4.48. The van der Waals surface area contributed by atoms with E-state index in [4.69, 9.17) is 0 Å². The van der Waals surface area contributed by atoms with Crippen LogP contribution in [-0.2, 0) is 4.84 Å². The maximum Gasteiger partial charge on any atom is 0.106 e. The van der Waals surface area contributed by atoms with Crippen molar-refractivity contribution >= 4 is 22.1 Å². The monoisotopic (exact) mass is 193 g/mol. The quantitative estimate of drug-likeness (QED) is 0.382. The Hall–Kier alpha value is -0.0500. The van der Waals surface area contributed by atoms with Crippen molar-refractivity contribution in [3.05, 3.63) is 0 Å². The molecule has 0 rings (SSSR count). The number of oxime groups is 1. The summed E-state index contributed by atoms with van der Waals surface area (Å²) in [6, 6.07) is 0. The van der Waals surface area contributed by atoms with E-state index in [-0.39, 0.29) is 0 Å². The Bertz CT molecular complexity index is 83.1. The zero-order valence-corrected chi connectivity index (χ0v) is 7.39. The van der Waals surface area contributed by atoms with E-state index in [1.165, 1.54) is 0 Å². The van der Waals surface area contributed by atoms with Crippen LogP contribution in [0.1, 0.15) is 19.8 Å². The van der Waals surface area contributed by atoms with Crippen molar-refractivity contribution in [2.45, 2.75) is 24.6 Å². The molecular formula is C6H12BrNO. The molecule has 0 fully saturated rings. The number of hydrogen-bond donors (Lipinski definition) is 0. The van der Waals surface area contributed by atoms with E-state index in [1.807, 2.05) is 0 Å². The molecule has 0 bridgehead atoms. The van der Waals surface area contributed by atoms with Gasteiger partial charge in [0.25, 0.3) is 0 Å². The first-order chi connectivity index (χ1) is 4.27. The van der Waals surface area contributed by atoms with E-state index in [1.54, 1.807) is 13.3 Å². The summed E-state index contributed by atoms with van der Waals surface area (Å²) >= 11 is 3.42. The lowest BCUT2D eigenvalue weighted by Crippen LogP contribution is -1.89. The fraction of sp³-hybridized carbons (Fsp3) is 0.833. The van der Waals surface area contributed by atoms with E-state index in [9.17, 15) is 0 Å². The second kappa shape index (κ2) is 6.08. The lowest BCUT2D eigenvalue weighted by atomic mass is 10.3. The smallest absolute Gasteiger partial charge is 0.106 e. The van der Waals surface area contributed by atoms with Crippen molar-refractivity contribution in [1.29, 1.82) is 0 Å². The average molecular weight is 194 g/mol. The van der Waals surface area contributed by atoms with Crippen LogP contribution in [-0.4, -0.2) is 18.2 Å². The molecule has 0 aromatic heterocycles. The maximum absolute atomic E-state index is 4.48. The molecule has 0 aliphatic heterocycles. The highest BCUT2D eigenvalue weighted by molar-refractivity contribution is 9.09. The van der Waals surface area contributed by atoms with Crippen LogP contribution in [0.3, 0.4) is 0 Å². The first-order valence-corrected chi connectivity index (χ1v) is 3.88. The second-order valence-corrected chi connectivity index (χ2v) is 3.39. The highest BCUT2D eigenvalue weighted by Crippen LogP contribution is 2.04. The molecular weight excluding hydrogens is 182 g/mol. The summed E-state index contributed by atoms with van der Waals surface area (Å²) in [6.45, 7) is 2.11. The van der Waals surface area contributed by atoms with Crippen molar-refractivity contribution in [2.75, 3.05) is 7.11 Å². The van der Waals surface area contributed by atoms with Crippen LogP contribution in [0.15, 0.2) is 5.16 Å². The molecule has 0 spiro atoms. The molecule has 0 unspecified atom stereocenters. The predicted octanol–water partition coefficient (Wildman–Crippen LogP) is 2.18. The molecule has 1 atom stereocenters. The molecule has 0 aromatic carbocycles. The van der Waals surface area contributed by atoms with Gasteiger partial charge in [-0.25, -0.2) is 0 Å². The zero-order valence-electron chi connectivity index (χ0n) is 5.80. The van der Waals surface area contributed by atoms with Gasteiger partial charge in [-0.2, -0.15) is 0 Å². The summed E-state index contributed by atoms with van der Waals surface area (Å²) < 4.78 is 0. The Kier molecular flexibility index (Phi) is 6.04. The van der Waals surface area contributed by atoms with Gasteiger partial charge in [0.1, 0.15) is 7.11 Å². The summed E-state index contributed by atoms with van der Waals surface area (Å²) in [7, 11) is 1.55. The van der Waals surface area contributed by atoms with Crippen molar-refractivity contribution in [3.8, 4) is 0 Å². The molecule has 0 N–H and O–H groups in total. The summed E-state index contributed by atoms with van der Waals surface area (Å²) in [5.74, 6) is 0. The van der Waals surface area contributed by atoms with Crippen LogP contribution in [0.25, 0.3) is 0 Å².